The van der Waals surface area contributed by atoms with Gasteiger partial charge in [0.2, 0.25) is 5.91 Å². The minimum atomic E-state index is -0.882. The lowest BCUT2D eigenvalue weighted by molar-refractivity contribution is -0.141. The predicted molar refractivity (Wildman–Crippen MR) is 112 cm³/mol. The van der Waals surface area contributed by atoms with Gasteiger partial charge in [0, 0.05) is 54.2 Å². The SMILES string of the molecule is CC(C)(CC(=O)O)CC(=O)N1C[C@@H]2C[C@H](C1)c1c(-c3cccs3)ccc(=O)n1C2. The predicted octanol–water partition coefficient (Wildman–Crippen LogP) is 3.41. The number of carbonyl (C=O) groups excluding carboxylic acids is 1. The summed E-state index contributed by atoms with van der Waals surface area (Å²) in [5.74, 6) is -0.494. The van der Waals surface area contributed by atoms with E-state index in [1.54, 1.807) is 17.4 Å². The van der Waals surface area contributed by atoms with E-state index < -0.39 is 11.4 Å². The molecule has 0 spiro atoms. The van der Waals surface area contributed by atoms with E-state index in [4.69, 9.17) is 5.11 Å². The molecule has 2 aliphatic rings. The number of carboxylic acids is 1. The van der Waals surface area contributed by atoms with Gasteiger partial charge >= 0.3 is 5.97 Å². The van der Waals surface area contributed by atoms with E-state index in [2.05, 4.69) is 6.07 Å². The van der Waals surface area contributed by atoms with E-state index in [-0.39, 0.29) is 36.1 Å². The molecular weight excluding hydrogens is 388 g/mol. The number of aromatic nitrogens is 1. The number of piperidine rings is 1. The Morgan fingerprint density at radius 3 is 2.66 bits per heavy atom. The molecule has 1 saturated heterocycles. The maximum absolute atomic E-state index is 13.0. The van der Waals surface area contributed by atoms with Crippen LogP contribution < -0.4 is 5.56 Å². The molecular formula is C22H26N2O4S. The molecule has 0 aliphatic carbocycles. The van der Waals surface area contributed by atoms with Crippen molar-refractivity contribution in [3.63, 3.8) is 0 Å². The highest BCUT2D eigenvalue weighted by Gasteiger charge is 2.39. The van der Waals surface area contributed by atoms with Crippen LogP contribution in [0.5, 0.6) is 0 Å². The van der Waals surface area contributed by atoms with Crippen molar-refractivity contribution < 1.29 is 14.7 Å². The van der Waals surface area contributed by atoms with Crippen molar-refractivity contribution in [2.24, 2.45) is 11.3 Å². The molecule has 0 unspecified atom stereocenters. The van der Waals surface area contributed by atoms with Crippen molar-refractivity contribution in [1.29, 1.82) is 0 Å². The second-order valence-corrected chi connectivity index (χ2v) is 10.0. The van der Waals surface area contributed by atoms with Crippen molar-refractivity contribution in [2.45, 2.75) is 45.6 Å². The van der Waals surface area contributed by atoms with E-state index >= 15 is 0 Å². The van der Waals surface area contributed by atoms with Crippen LogP contribution in [0.15, 0.2) is 34.4 Å². The van der Waals surface area contributed by atoms with Crippen LogP contribution in [0.1, 0.15) is 44.7 Å². The van der Waals surface area contributed by atoms with Crippen molar-refractivity contribution in [3.05, 3.63) is 45.7 Å². The third-order valence-corrected chi connectivity index (χ3v) is 6.89. The number of rotatable bonds is 5. The highest BCUT2D eigenvalue weighted by Crippen LogP contribution is 2.41. The van der Waals surface area contributed by atoms with Crippen LogP contribution in [0, 0.1) is 11.3 Å². The number of carbonyl (C=O) groups is 2. The zero-order chi connectivity index (χ0) is 20.8. The second-order valence-electron chi connectivity index (χ2n) is 9.07. The van der Waals surface area contributed by atoms with Gasteiger partial charge in [0.25, 0.3) is 5.56 Å². The Morgan fingerprint density at radius 1 is 1.17 bits per heavy atom. The highest BCUT2D eigenvalue weighted by molar-refractivity contribution is 7.13. The molecule has 1 amide bonds. The van der Waals surface area contributed by atoms with Crippen molar-refractivity contribution in [1.82, 2.24) is 9.47 Å². The molecule has 2 aromatic rings. The van der Waals surface area contributed by atoms with Crippen molar-refractivity contribution >= 4 is 23.2 Å². The number of hydrogen-bond acceptors (Lipinski definition) is 4. The third kappa shape index (κ3) is 4.01. The van der Waals surface area contributed by atoms with Crippen LogP contribution in [0.3, 0.4) is 0 Å². The fourth-order valence-electron chi connectivity index (χ4n) is 4.85. The summed E-state index contributed by atoms with van der Waals surface area (Å²) in [6.07, 6.45) is 1.17. The first-order valence-corrected chi connectivity index (χ1v) is 10.9. The highest BCUT2D eigenvalue weighted by atomic mass is 32.1. The number of aliphatic carboxylic acids is 1. The largest absolute Gasteiger partial charge is 0.481 e. The van der Waals surface area contributed by atoms with Gasteiger partial charge in [-0.05, 0) is 35.3 Å². The molecule has 4 rings (SSSR count). The molecule has 7 heteroatoms. The Morgan fingerprint density at radius 2 is 1.97 bits per heavy atom. The fraction of sp³-hybridized carbons (Fsp3) is 0.500. The van der Waals surface area contributed by atoms with Gasteiger partial charge in [-0.3, -0.25) is 14.4 Å². The Bertz CT molecular complexity index is 993. The van der Waals surface area contributed by atoms with E-state index in [1.807, 2.05) is 40.8 Å². The Hall–Kier alpha value is -2.41. The molecule has 0 aromatic carbocycles. The van der Waals surface area contributed by atoms with Gasteiger partial charge in [-0.2, -0.15) is 0 Å². The summed E-state index contributed by atoms with van der Waals surface area (Å²) >= 11 is 1.66. The van der Waals surface area contributed by atoms with E-state index in [0.717, 1.165) is 22.6 Å². The minimum Gasteiger partial charge on any atom is -0.481 e. The molecule has 0 saturated carbocycles. The van der Waals surface area contributed by atoms with Crippen LogP contribution in [-0.2, 0) is 16.1 Å². The Labute approximate surface area is 173 Å². The first-order chi connectivity index (χ1) is 13.7. The number of amides is 1. The number of pyridine rings is 1. The second kappa shape index (κ2) is 7.44. The summed E-state index contributed by atoms with van der Waals surface area (Å²) in [7, 11) is 0. The first-order valence-electron chi connectivity index (χ1n) is 10.0. The summed E-state index contributed by atoms with van der Waals surface area (Å²) in [6, 6.07) is 7.64. The Kier molecular flexibility index (Phi) is 5.11. The molecule has 154 valence electrons. The molecule has 1 fully saturated rings. The van der Waals surface area contributed by atoms with Gasteiger partial charge < -0.3 is 14.6 Å². The smallest absolute Gasteiger partial charge is 0.303 e. The summed E-state index contributed by atoms with van der Waals surface area (Å²) in [5.41, 5.74) is 1.58. The number of likely N-dealkylation sites (tertiary alicyclic amines) is 1. The van der Waals surface area contributed by atoms with E-state index in [1.165, 1.54) is 0 Å². The minimum absolute atomic E-state index is 0.00958. The van der Waals surface area contributed by atoms with Gasteiger partial charge in [-0.15, -0.1) is 11.3 Å². The molecule has 2 aliphatic heterocycles. The molecule has 2 aromatic heterocycles. The average molecular weight is 415 g/mol. The average Bonchev–Trinajstić information content (AvgIpc) is 3.15. The number of carboxylic acid groups (broad SMARTS) is 1. The normalized spacial score (nSPS) is 21.0. The first kappa shape index (κ1) is 19.9. The summed E-state index contributed by atoms with van der Waals surface area (Å²) in [4.78, 5) is 39.7. The Balaban J connectivity index is 1.61. The van der Waals surface area contributed by atoms with Crippen LogP contribution >= 0.6 is 11.3 Å². The lowest BCUT2D eigenvalue weighted by atomic mass is 9.80. The molecule has 2 atom stereocenters. The lowest BCUT2D eigenvalue weighted by Gasteiger charge is -2.44. The summed E-state index contributed by atoms with van der Waals surface area (Å²) < 4.78 is 1.91. The summed E-state index contributed by atoms with van der Waals surface area (Å²) in [6.45, 7) is 5.50. The van der Waals surface area contributed by atoms with Gasteiger partial charge in [0.05, 0.1) is 6.42 Å². The number of nitrogens with zero attached hydrogens (tertiary/aromatic N) is 2. The fourth-order valence-corrected chi connectivity index (χ4v) is 5.61. The van der Waals surface area contributed by atoms with Crippen LogP contribution in [0.2, 0.25) is 0 Å². The molecule has 6 nitrogen and oxygen atoms in total. The lowest BCUT2D eigenvalue weighted by Crippen LogP contribution is -2.50. The molecule has 29 heavy (non-hydrogen) atoms. The summed E-state index contributed by atoms with van der Waals surface area (Å²) in [5, 5.41) is 11.1. The number of fused-ring (bicyclic) bond motifs is 4. The zero-order valence-electron chi connectivity index (χ0n) is 16.8. The van der Waals surface area contributed by atoms with E-state index in [0.29, 0.717) is 19.6 Å². The van der Waals surface area contributed by atoms with Crippen molar-refractivity contribution in [2.75, 3.05) is 13.1 Å². The van der Waals surface area contributed by atoms with Gasteiger partial charge in [-0.1, -0.05) is 19.9 Å². The van der Waals surface area contributed by atoms with Crippen molar-refractivity contribution in [3.8, 4) is 10.4 Å². The maximum Gasteiger partial charge on any atom is 0.303 e. The monoisotopic (exact) mass is 414 g/mol. The molecule has 1 N–H and O–H groups in total. The maximum atomic E-state index is 13.0. The number of thiophene rings is 1. The van der Waals surface area contributed by atoms with Crippen LogP contribution in [0.4, 0.5) is 0 Å². The number of hydrogen-bond donors (Lipinski definition) is 1. The molecule has 2 bridgehead atoms. The van der Waals surface area contributed by atoms with Gasteiger partial charge in [0.15, 0.2) is 0 Å². The van der Waals surface area contributed by atoms with Gasteiger partial charge in [-0.25, -0.2) is 0 Å². The topological polar surface area (TPSA) is 79.6 Å². The van der Waals surface area contributed by atoms with Crippen LogP contribution in [-0.4, -0.2) is 39.5 Å². The zero-order valence-corrected chi connectivity index (χ0v) is 17.6. The van der Waals surface area contributed by atoms with E-state index in [9.17, 15) is 14.4 Å². The third-order valence-electron chi connectivity index (χ3n) is 5.99. The molecule has 0 radical (unpaired) electrons. The quantitative estimate of drug-likeness (QED) is 0.813. The van der Waals surface area contributed by atoms with Crippen LogP contribution in [0.25, 0.3) is 10.4 Å². The standard InChI is InChI=1S/C22H26N2O4S/c1-22(2,10-20(27)28)9-19(26)23-11-14-8-15(13-23)21-16(17-4-3-7-29-17)5-6-18(25)24(21)12-14/h3-7,14-15H,8-13H2,1-2H3,(H,27,28)/t14-,15+/m0/s1. The molecule has 4 heterocycles. The van der Waals surface area contributed by atoms with Gasteiger partial charge in [0.1, 0.15) is 0 Å².